The number of nitrogens with zero attached hydrogens (tertiary/aromatic N) is 2. The van der Waals surface area contributed by atoms with Crippen LogP contribution in [-0.4, -0.2) is 86.0 Å². The lowest BCUT2D eigenvalue weighted by molar-refractivity contribution is -0.256. The van der Waals surface area contributed by atoms with Crippen LogP contribution in [-0.2, 0) is 37.5 Å². The third kappa shape index (κ3) is 5.41. The van der Waals surface area contributed by atoms with E-state index in [1.165, 1.54) is 29.7 Å². The van der Waals surface area contributed by atoms with Crippen LogP contribution in [0.15, 0.2) is 55.5 Å². The zero-order chi connectivity index (χ0) is 40.0. The maximum atomic E-state index is 13.1. The van der Waals surface area contributed by atoms with Crippen molar-refractivity contribution in [1.82, 2.24) is 20.1 Å². The van der Waals surface area contributed by atoms with Gasteiger partial charge in [0.25, 0.3) is 0 Å². The Bertz CT molecular complexity index is 2380. The van der Waals surface area contributed by atoms with Gasteiger partial charge in [-0.2, -0.15) is 0 Å². The number of benzene rings is 3. The van der Waals surface area contributed by atoms with Crippen LogP contribution in [0.25, 0.3) is 10.9 Å². The number of nitrogens with one attached hydrogen (secondary N) is 2. The van der Waals surface area contributed by atoms with Gasteiger partial charge >= 0.3 is 5.97 Å². The second kappa shape index (κ2) is 14.2. The average molecular weight is 809 g/mol. The standard InChI is InChI=1S/C44H48N4O9S/c1-8-51-20-55-57-41-32-26(15-22(2)37(41)50-7)16-27-17-48-31-18-52-24(4)44(43-29(13-14-45-44)28-11-9-10-12-30(28)46-43)19-58-42(36(48)35(32)47(27)6)34-33(31)40-39(53-21-54-40)23(3)38(34)56-25(5)49/h8-12,15,27,31,35-36,42,45-46H,1,4,13-14,16-21H2,2-3,5-7H3/t27-,31+,35?,36?,42-,44+/m1/s1. The Morgan fingerprint density at radius 3 is 2.74 bits per heavy atom. The molecular formula is C44H48N4O9S. The van der Waals surface area contributed by atoms with Gasteiger partial charge in [0, 0.05) is 76.7 Å². The quantitative estimate of drug-likeness (QED) is 0.0398. The number of aryl methyl sites for hydroxylation is 1. The van der Waals surface area contributed by atoms with Crippen molar-refractivity contribution in [3.05, 3.63) is 100 Å². The molecule has 8 heterocycles. The highest BCUT2D eigenvalue weighted by Crippen LogP contribution is 2.64. The van der Waals surface area contributed by atoms with Gasteiger partial charge in [0.2, 0.25) is 19.3 Å². The van der Waals surface area contributed by atoms with Crippen molar-refractivity contribution in [2.24, 2.45) is 0 Å². The predicted octanol–water partition coefficient (Wildman–Crippen LogP) is 6.57. The number of ether oxygens (including phenoxy) is 6. The summed E-state index contributed by atoms with van der Waals surface area (Å²) in [6.45, 7) is 15.4. The maximum Gasteiger partial charge on any atom is 0.308 e. The van der Waals surface area contributed by atoms with E-state index in [-0.39, 0.29) is 49.6 Å². The Morgan fingerprint density at radius 1 is 1.10 bits per heavy atom. The molecular weight excluding hydrogens is 761 g/mol. The summed E-state index contributed by atoms with van der Waals surface area (Å²) >= 11 is 1.82. The Labute approximate surface area is 341 Å². The number of methoxy groups -OCH3 is 1. The van der Waals surface area contributed by atoms with E-state index in [1.807, 2.05) is 25.6 Å². The van der Waals surface area contributed by atoms with Crippen LogP contribution in [0.5, 0.6) is 28.7 Å². The predicted molar refractivity (Wildman–Crippen MR) is 217 cm³/mol. The fourth-order valence-corrected chi connectivity index (χ4v) is 12.4. The van der Waals surface area contributed by atoms with E-state index in [2.05, 4.69) is 70.6 Å². The number of hydrogen-bond acceptors (Lipinski definition) is 13. The molecule has 13 nitrogen and oxygen atoms in total. The Balaban J connectivity index is 1.21. The number of rotatable bonds is 7. The number of carbonyl (C=O) groups is 1. The Morgan fingerprint density at radius 2 is 1.93 bits per heavy atom. The van der Waals surface area contributed by atoms with Crippen molar-refractivity contribution < 1.29 is 43.0 Å². The topological polar surface area (TPSA) is 125 Å². The van der Waals surface area contributed by atoms with Gasteiger partial charge in [-0.15, -0.1) is 16.6 Å². The van der Waals surface area contributed by atoms with Crippen molar-refractivity contribution in [2.75, 3.05) is 53.2 Å². The Kier molecular flexibility index (Phi) is 9.13. The number of fused-ring (bicyclic) bond motifs is 11. The zero-order valence-electron chi connectivity index (χ0n) is 33.4. The lowest BCUT2D eigenvalue weighted by atomic mass is 9.73. The number of likely N-dealkylation sites (N-methyl/N-ethyl adjacent to an activating group) is 1. The molecule has 2 N–H and O–H groups in total. The van der Waals surface area contributed by atoms with Gasteiger partial charge in [-0.3, -0.25) is 19.9 Å². The maximum absolute atomic E-state index is 13.1. The van der Waals surface area contributed by atoms with E-state index >= 15 is 0 Å². The number of esters is 1. The Hall–Kier alpha value is -4.86. The van der Waals surface area contributed by atoms with E-state index in [1.54, 1.807) is 7.11 Å². The zero-order valence-corrected chi connectivity index (χ0v) is 34.2. The first kappa shape index (κ1) is 37.4. The highest BCUT2D eigenvalue weighted by atomic mass is 32.2. The number of aromatic amines is 1. The monoisotopic (exact) mass is 808 g/mol. The van der Waals surface area contributed by atoms with Crippen molar-refractivity contribution in [3.63, 3.8) is 0 Å². The average Bonchev–Trinajstić information content (AvgIpc) is 3.85. The summed E-state index contributed by atoms with van der Waals surface area (Å²) in [5.74, 6) is 3.71. The van der Waals surface area contributed by atoms with Crippen molar-refractivity contribution >= 4 is 28.6 Å². The van der Waals surface area contributed by atoms with Gasteiger partial charge in [-0.25, -0.2) is 0 Å². The first-order chi connectivity index (χ1) is 28.2. The minimum atomic E-state index is -0.742. The molecule has 3 aromatic carbocycles. The lowest BCUT2D eigenvalue weighted by Gasteiger charge is -2.60. The number of aromatic nitrogens is 1. The molecule has 1 aromatic heterocycles. The molecule has 7 aliphatic heterocycles. The molecule has 304 valence electrons. The van der Waals surface area contributed by atoms with E-state index in [0.717, 1.165) is 65.0 Å². The molecule has 4 bridgehead atoms. The van der Waals surface area contributed by atoms with E-state index in [0.29, 0.717) is 40.3 Å². The van der Waals surface area contributed by atoms with Crippen LogP contribution in [0, 0.1) is 13.8 Å². The van der Waals surface area contributed by atoms with Gasteiger partial charge < -0.3 is 38.3 Å². The summed E-state index contributed by atoms with van der Waals surface area (Å²) in [5.41, 5.74) is 8.38. The normalized spacial score (nSPS) is 26.9. The minimum Gasteiger partial charge on any atom is -0.494 e. The molecule has 4 aromatic rings. The molecule has 7 aliphatic rings. The van der Waals surface area contributed by atoms with E-state index < -0.39 is 11.5 Å². The third-order valence-electron chi connectivity index (χ3n) is 13.1. The van der Waals surface area contributed by atoms with Gasteiger partial charge in [-0.05, 0) is 56.5 Å². The second-order valence-corrected chi connectivity index (χ2v) is 17.1. The third-order valence-corrected chi connectivity index (χ3v) is 14.6. The summed E-state index contributed by atoms with van der Waals surface area (Å²) in [5, 5.41) is 4.85. The summed E-state index contributed by atoms with van der Waals surface area (Å²) in [6, 6.07) is 10.1. The van der Waals surface area contributed by atoms with Gasteiger partial charge in [0.15, 0.2) is 17.2 Å². The molecule has 1 spiro atoms. The van der Waals surface area contributed by atoms with Gasteiger partial charge in [0.1, 0.15) is 23.7 Å². The van der Waals surface area contributed by atoms with Crippen LogP contribution in [0.3, 0.4) is 0 Å². The lowest BCUT2D eigenvalue weighted by Crippen LogP contribution is -2.65. The van der Waals surface area contributed by atoms with Crippen molar-refractivity contribution in [1.29, 1.82) is 0 Å². The highest BCUT2D eigenvalue weighted by Gasteiger charge is 2.58. The summed E-state index contributed by atoms with van der Waals surface area (Å²) in [4.78, 5) is 33.8. The molecule has 11 rings (SSSR count). The molecule has 0 amide bonds. The molecule has 2 saturated heterocycles. The first-order valence-electron chi connectivity index (χ1n) is 19.8. The van der Waals surface area contributed by atoms with E-state index in [9.17, 15) is 4.79 Å². The molecule has 6 atom stereocenters. The molecule has 58 heavy (non-hydrogen) atoms. The van der Waals surface area contributed by atoms with Gasteiger partial charge in [0.05, 0.1) is 30.7 Å². The smallest absolute Gasteiger partial charge is 0.308 e. The second-order valence-electron chi connectivity index (χ2n) is 16.0. The molecule has 0 radical (unpaired) electrons. The van der Waals surface area contributed by atoms with Crippen LogP contribution < -0.4 is 29.2 Å². The van der Waals surface area contributed by atoms with Crippen LogP contribution >= 0.6 is 11.8 Å². The summed E-state index contributed by atoms with van der Waals surface area (Å²) in [7, 11) is 3.85. The highest BCUT2D eigenvalue weighted by molar-refractivity contribution is 7.99. The largest absolute Gasteiger partial charge is 0.494 e. The number of para-hydroxylation sites is 1. The van der Waals surface area contributed by atoms with Gasteiger partial charge in [-0.1, -0.05) is 37.4 Å². The number of carbonyl (C=O) groups excluding carboxylic acids is 1. The van der Waals surface area contributed by atoms with Crippen LogP contribution in [0.4, 0.5) is 0 Å². The van der Waals surface area contributed by atoms with E-state index in [4.69, 9.17) is 38.2 Å². The first-order valence-corrected chi connectivity index (χ1v) is 20.8. The van der Waals surface area contributed by atoms with Crippen molar-refractivity contribution in [3.8, 4) is 28.7 Å². The number of thioether (sulfide) groups is 1. The molecule has 2 unspecified atom stereocenters. The fourth-order valence-electron chi connectivity index (χ4n) is 10.7. The summed E-state index contributed by atoms with van der Waals surface area (Å²) in [6.07, 6.45) is 2.97. The minimum absolute atomic E-state index is 0.0701. The van der Waals surface area contributed by atoms with Crippen LogP contribution in [0.1, 0.15) is 68.9 Å². The summed E-state index contributed by atoms with van der Waals surface area (Å²) < 4.78 is 37.2. The SMILES string of the molecule is C=COCOOc1c(OC)c(C)cc2c1C1C3[C@@H]4SC[C@]5(NCCc6c5[nH]c5ccccc65)C(=C)OC[C@@H](c5c6c(c(C)c(OC(C)=O)c54)OCO6)N3C[C@@H](C2)N1C. The number of hydrogen-bond donors (Lipinski definition) is 2. The fraction of sp³-hybridized carbons (Fsp3) is 0.432. The molecule has 14 heteroatoms. The van der Waals surface area contributed by atoms with Crippen LogP contribution in [0.2, 0.25) is 0 Å². The number of piperazine rings is 1. The molecule has 2 fully saturated rings. The number of H-pyrrole nitrogens is 1. The van der Waals surface area contributed by atoms with Crippen molar-refractivity contribution in [2.45, 2.75) is 68.6 Å². The molecule has 0 aliphatic carbocycles. The molecule has 0 saturated carbocycles.